The Hall–Kier alpha value is -5.44. The highest BCUT2D eigenvalue weighted by atomic mass is 19.1. The number of aryl methyl sites for hydroxylation is 2. The first kappa shape index (κ1) is 27.7. The third-order valence-corrected chi connectivity index (χ3v) is 6.98. The summed E-state index contributed by atoms with van der Waals surface area (Å²) in [4.78, 5) is 0. The zero-order valence-electron chi connectivity index (χ0n) is 22.9. The zero-order chi connectivity index (χ0) is 30.1. The molecular weight excluding hydrogens is 556 g/mol. The SMILES string of the molecule is Cc1nnc(Oc2nnc(C)c(-c3ccccc3)c2-c2c(F)cccc2F)c(-c2c(F)cccc2F)c1-c1ccccc1. The first-order valence-corrected chi connectivity index (χ1v) is 13.3. The summed E-state index contributed by atoms with van der Waals surface area (Å²) in [5, 5.41) is 16.8. The van der Waals surface area contributed by atoms with Gasteiger partial charge in [0.1, 0.15) is 23.3 Å². The molecule has 0 aliphatic rings. The molecule has 6 aromatic rings. The largest absolute Gasteiger partial charge is 0.416 e. The molecule has 43 heavy (non-hydrogen) atoms. The van der Waals surface area contributed by atoms with Crippen LogP contribution in [0.5, 0.6) is 11.8 Å². The van der Waals surface area contributed by atoms with Crippen molar-refractivity contribution >= 4 is 0 Å². The first-order valence-electron chi connectivity index (χ1n) is 13.3. The lowest BCUT2D eigenvalue weighted by Gasteiger charge is -2.20. The summed E-state index contributed by atoms with van der Waals surface area (Å²) in [5.41, 5.74) is 1.75. The first-order chi connectivity index (χ1) is 20.8. The van der Waals surface area contributed by atoms with Crippen LogP contribution in [0.4, 0.5) is 17.6 Å². The molecule has 6 rings (SSSR count). The molecule has 0 atom stereocenters. The molecule has 2 aromatic heterocycles. The van der Waals surface area contributed by atoms with E-state index in [1.54, 1.807) is 74.5 Å². The normalized spacial score (nSPS) is 11.0. The van der Waals surface area contributed by atoms with E-state index in [1.807, 2.05) is 0 Å². The molecule has 0 amide bonds. The second-order valence-electron chi connectivity index (χ2n) is 9.71. The number of nitrogens with zero attached hydrogens (tertiary/aromatic N) is 4. The topological polar surface area (TPSA) is 60.8 Å². The number of aromatic nitrogens is 4. The number of rotatable bonds is 6. The van der Waals surface area contributed by atoms with Gasteiger partial charge in [0.2, 0.25) is 11.8 Å². The summed E-state index contributed by atoms with van der Waals surface area (Å²) in [5.74, 6) is -4.12. The van der Waals surface area contributed by atoms with E-state index in [2.05, 4.69) is 20.4 Å². The molecule has 0 fully saturated rings. The number of halogens is 4. The van der Waals surface area contributed by atoms with Crippen LogP contribution in [0.2, 0.25) is 0 Å². The second kappa shape index (κ2) is 11.4. The summed E-state index contributed by atoms with van der Waals surface area (Å²) in [6.07, 6.45) is 0. The van der Waals surface area contributed by atoms with Gasteiger partial charge < -0.3 is 4.74 Å². The average molecular weight is 579 g/mol. The molecule has 9 heteroatoms. The Morgan fingerprint density at radius 1 is 0.395 bits per heavy atom. The lowest BCUT2D eigenvalue weighted by atomic mass is 9.93. The van der Waals surface area contributed by atoms with E-state index in [0.29, 0.717) is 33.6 Å². The van der Waals surface area contributed by atoms with E-state index in [-0.39, 0.29) is 22.9 Å². The molecule has 4 aromatic carbocycles. The highest BCUT2D eigenvalue weighted by Crippen LogP contribution is 2.46. The van der Waals surface area contributed by atoms with Crippen LogP contribution >= 0.6 is 0 Å². The number of hydrogen-bond donors (Lipinski definition) is 0. The Morgan fingerprint density at radius 2 is 0.744 bits per heavy atom. The molecule has 0 N–H and O–H groups in total. The van der Waals surface area contributed by atoms with Crippen molar-refractivity contribution in [2.45, 2.75) is 13.8 Å². The highest BCUT2D eigenvalue weighted by Gasteiger charge is 2.29. The monoisotopic (exact) mass is 578 g/mol. The van der Waals surface area contributed by atoms with E-state index < -0.39 is 34.4 Å². The molecule has 0 saturated heterocycles. The maximum atomic E-state index is 15.4. The minimum atomic E-state index is -0.866. The van der Waals surface area contributed by atoms with Gasteiger partial charge in [-0.25, -0.2) is 17.6 Å². The minimum Gasteiger partial charge on any atom is -0.416 e. The Bertz CT molecular complexity index is 1790. The fourth-order valence-corrected chi connectivity index (χ4v) is 5.10. The van der Waals surface area contributed by atoms with Gasteiger partial charge in [-0.15, -0.1) is 10.2 Å². The fraction of sp³-hybridized carbons (Fsp3) is 0.0588. The lowest BCUT2D eigenvalue weighted by molar-refractivity contribution is 0.432. The molecule has 0 unspecified atom stereocenters. The molecule has 0 saturated carbocycles. The van der Waals surface area contributed by atoms with Crippen LogP contribution < -0.4 is 4.74 Å². The van der Waals surface area contributed by atoms with Crippen molar-refractivity contribution in [3.63, 3.8) is 0 Å². The van der Waals surface area contributed by atoms with Crippen LogP contribution in [0.25, 0.3) is 44.5 Å². The summed E-state index contributed by atoms with van der Waals surface area (Å²) >= 11 is 0. The maximum Gasteiger partial charge on any atom is 0.249 e. The van der Waals surface area contributed by atoms with Crippen molar-refractivity contribution in [3.8, 4) is 56.3 Å². The molecule has 5 nitrogen and oxygen atoms in total. The van der Waals surface area contributed by atoms with Crippen molar-refractivity contribution in [2.24, 2.45) is 0 Å². The minimum absolute atomic E-state index is 0.0436. The fourth-order valence-electron chi connectivity index (χ4n) is 5.10. The number of ether oxygens (including phenoxy) is 1. The van der Waals surface area contributed by atoms with E-state index in [0.717, 1.165) is 24.3 Å². The van der Waals surface area contributed by atoms with Crippen LogP contribution in [0.1, 0.15) is 11.4 Å². The van der Waals surface area contributed by atoms with Gasteiger partial charge in [0, 0.05) is 11.1 Å². The molecule has 0 radical (unpaired) electrons. The molecule has 0 spiro atoms. The Labute approximate surface area is 244 Å². The molecule has 2 heterocycles. The van der Waals surface area contributed by atoms with Crippen LogP contribution in [-0.4, -0.2) is 20.4 Å². The van der Waals surface area contributed by atoms with E-state index >= 15 is 17.6 Å². The number of hydrogen-bond acceptors (Lipinski definition) is 5. The molecule has 0 bridgehead atoms. The third-order valence-electron chi connectivity index (χ3n) is 6.98. The smallest absolute Gasteiger partial charge is 0.249 e. The quantitative estimate of drug-likeness (QED) is 0.185. The Morgan fingerprint density at radius 3 is 1.09 bits per heavy atom. The van der Waals surface area contributed by atoms with Crippen LogP contribution in [0.15, 0.2) is 97.1 Å². The standard InChI is InChI=1S/C34H22F4N4O/c1-19-27(21-11-5-3-6-12-21)31(29-23(35)15-9-16-24(29)36)33(41-39-19)43-34-32(30-25(37)17-10-18-26(30)38)28(20(2)40-42-34)22-13-7-4-8-14-22/h3-18H,1-2H3. The van der Waals surface area contributed by atoms with Gasteiger partial charge in [0.15, 0.2) is 0 Å². The lowest BCUT2D eigenvalue weighted by Crippen LogP contribution is -2.07. The number of benzene rings is 4. The summed E-state index contributed by atoms with van der Waals surface area (Å²) < 4.78 is 67.8. The van der Waals surface area contributed by atoms with Crippen molar-refractivity contribution < 1.29 is 22.3 Å². The predicted molar refractivity (Wildman–Crippen MR) is 155 cm³/mol. The third kappa shape index (κ3) is 5.10. The van der Waals surface area contributed by atoms with Crippen molar-refractivity contribution in [1.82, 2.24) is 20.4 Å². The van der Waals surface area contributed by atoms with Gasteiger partial charge in [0.25, 0.3) is 0 Å². The van der Waals surface area contributed by atoms with Crippen LogP contribution in [0.3, 0.4) is 0 Å². The molecule has 0 aliphatic carbocycles. The van der Waals surface area contributed by atoms with Gasteiger partial charge in [-0.2, -0.15) is 10.2 Å². The maximum absolute atomic E-state index is 15.4. The summed E-state index contributed by atoms with van der Waals surface area (Å²) in [6.45, 7) is 3.31. The van der Waals surface area contributed by atoms with Crippen molar-refractivity contribution in [1.29, 1.82) is 0 Å². The summed E-state index contributed by atoms with van der Waals surface area (Å²) in [7, 11) is 0. The average Bonchev–Trinajstić information content (AvgIpc) is 3.00. The predicted octanol–water partition coefficient (Wildman–Crippen LogP) is 8.90. The Kier molecular flexibility index (Phi) is 7.38. The van der Waals surface area contributed by atoms with Gasteiger partial charge >= 0.3 is 0 Å². The van der Waals surface area contributed by atoms with Crippen LogP contribution in [-0.2, 0) is 0 Å². The van der Waals surface area contributed by atoms with E-state index in [9.17, 15) is 0 Å². The van der Waals surface area contributed by atoms with E-state index in [4.69, 9.17) is 4.74 Å². The molecule has 212 valence electrons. The second-order valence-corrected chi connectivity index (χ2v) is 9.71. The zero-order valence-corrected chi connectivity index (χ0v) is 22.9. The molecular formula is C34H22F4N4O. The van der Waals surface area contributed by atoms with Crippen LogP contribution in [0, 0.1) is 37.1 Å². The van der Waals surface area contributed by atoms with Gasteiger partial charge in [-0.05, 0) is 49.2 Å². The highest BCUT2D eigenvalue weighted by molar-refractivity contribution is 5.90. The van der Waals surface area contributed by atoms with Crippen molar-refractivity contribution in [3.05, 3.63) is 132 Å². The van der Waals surface area contributed by atoms with Crippen molar-refractivity contribution in [2.75, 3.05) is 0 Å². The van der Waals surface area contributed by atoms with Gasteiger partial charge in [0.05, 0.1) is 33.6 Å². The summed E-state index contributed by atoms with van der Waals surface area (Å²) in [6, 6.07) is 24.7. The van der Waals surface area contributed by atoms with Gasteiger partial charge in [-0.1, -0.05) is 72.8 Å². The van der Waals surface area contributed by atoms with Gasteiger partial charge in [-0.3, -0.25) is 0 Å². The Balaban J connectivity index is 1.68. The van der Waals surface area contributed by atoms with E-state index in [1.165, 1.54) is 12.1 Å². The molecule has 0 aliphatic heterocycles.